The van der Waals surface area contributed by atoms with Gasteiger partial charge < -0.3 is 11.1 Å². The van der Waals surface area contributed by atoms with Gasteiger partial charge in [0, 0.05) is 12.6 Å². The minimum absolute atomic E-state index is 0.0590. The third-order valence-electron chi connectivity index (χ3n) is 2.47. The predicted molar refractivity (Wildman–Crippen MR) is 53.1 cm³/mol. The molecule has 0 unspecified atom stereocenters. The van der Waals surface area contributed by atoms with E-state index in [1.807, 2.05) is 13.8 Å². The van der Waals surface area contributed by atoms with Gasteiger partial charge in [-0.15, -0.1) is 0 Å². The van der Waals surface area contributed by atoms with Crippen molar-refractivity contribution in [3.63, 3.8) is 0 Å². The first-order valence-electron chi connectivity index (χ1n) is 4.72. The highest BCUT2D eigenvalue weighted by atomic mass is 16.2. The second-order valence-electron chi connectivity index (χ2n) is 4.20. The van der Waals surface area contributed by atoms with Crippen molar-refractivity contribution in [1.82, 2.24) is 5.32 Å². The molecule has 74 valence electrons. The zero-order valence-corrected chi connectivity index (χ0v) is 8.34. The van der Waals surface area contributed by atoms with Crippen molar-refractivity contribution in [3.8, 4) is 0 Å². The molecule has 13 heavy (non-hydrogen) atoms. The lowest BCUT2D eigenvalue weighted by Crippen LogP contribution is -2.45. The topological polar surface area (TPSA) is 55.1 Å². The fraction of sp³-hybridized carbons (Fsp3) is 0.700. The first-order chi connectivity index (χ1) is 6.06. The van der Waals surface area contributed by atoms with Crippen molar-refractivity contribution in [2.75, 3.05) is 6.54 Å². The van der Waals surface area contributed by atoms with Crippen LogP contribution in [0.1, 0.15) is 26.7 Å². The molecule has 0 fully saturated rings. The quantitative estimate of drug-likeness (QED) is 0.634. The largest absolute Gasteiger partial charge is 0.352 e. The Morgan fingerprint density at radius 2 is 2.08 bits per heavy atom. The Hall–Kier alpha value is -0.830. The van der Waals surface area contributed by atoms with Gasteiger partial charge in [-0.3, -0.25) is 4.79 Å². The monoisotopic (exact) mass is 182 g/mol. The average Bonchev–Trinajstić information content (AvgIpc) is 2.57. The Kier molecular flexibility index (Phi) is 3.09. The van der Waals surface area contributed by atoms with Crippen LogP contribution in [0.3, 0.4) is 0 Å². The van der Waals surface area contributed by atoms with E-state index >= 15 is 0 Å². The molecule has 3 nitrogen and oxygen atoms in total. The predicted octanol–water partition coefficient (Wildman–Crippen LogP) is 0.806. The minimum Gasteiger partial charge on any atom is -0.352 e. The van der Waals surface area contributed by atoms with E-state index in [-0.39, 0.29) is 5.91 Å². The number of rotatable bonds is 3. The standard InChI is InChI=1S/C10H18N2O/c1-10(2,7-11)9(13)12-8-5-3-4-6-8/h3-4,8H,5-7,11H2,1-2H3,(H,12,13). The van der Waals surface area contributed by atoms with Gasteiger partial charge in [-0.25, -0.2) is 0 Å². The molecule has 1 aliphatic rings. The smallest absolute Gasteiger partial charge is 0.227 e. The number of nitrogens with one attached hydrogen (secondary N) is 1. The normalized spacial score (nSPS) is 17.8. The maximum atomic E-state index is 11.6. The van der Waals surface area contributed by atoms with Crippen LogP contribution < -0.4 is 11.1 Å². The van der Waals surface area contributed by atoms with Crippen LogP contribution >= 0.6 is 0 Å². The molecule has 1 aliphatic carbocycles. The molecular formula is C10H18N2O. The summed E-state index contributed by atoms with van der Waals surface area (Å²) in [6, 6.07) is 0.290. The maximum absolute atomic E-state index is 11.6. The summed E-state index contributed by atoms with van der Waals surface area (Å²) in [5.41, 5.74) is 5.06. The number of carbonyl (C=O) groups excluding carboxylic acids is 1. The van der Waals surface area contributed by atoms with Crippen LogP contribution in [0.4, 0.5) is 0 Å². The van der Waals surface area contributed by atoms with E-state index in [9.17, 15) is 4.79 Å². The van der Waals surface area contributed by atoms with Crippen molar-refractivity contribution in [2.45, 2.75) is 32.7 Å². The van der Waals surface area contributed by atoms with Gasteiger partial charge in [-0.1, -0.05) is 12.2 Å². The van der Waals surface area contributed by atoms with E-state index < -0.39 is 5.41 Å². The number of amides is 1. The van der Waals surface area contributed by atoms with Gasteiger partial charge in [-0.2, -0.15) is 0 Å². The Bertz CT molecular complexity index is 213. The number of hydrogen-bond donors (Lipinski definition) is 2. The number of nitrogens with two attached hydrogens (primary N) is 1. The molecule has 1 rings (SSSR count). The highest BCUT2D eigenvalue weighted by Crippen LogP contribution is 2.15. The second kappa shape index (κ2) is 3.92. The van der Waals surface area contributed by atoms with Crippen LogP contribution in [0.25, 0.3) is 0 Å². The van der Waals surface area contributed by atoms with Gasteiger partial charge in [0.05, 0.1) is 5.41 Å². The Labute approximate surface area is 79.4 Å². The molecule has 0 aromatic heterocycles. The summed E-state index contributed by atoms with van der Waals surface area (Å²) in [6.45, 7) is 4.12. The van der Waals surface area contributed by atoms with Crippen LogP contribution in [0.2, 0.25) is 0 Å². The number of carbonyl (C=O) groups is 1. The number of hydrogen-bond acceptors (Lipinski definition) is 2. The highest BCUT2D eigenvalue weighted by molar-refractivity contribution is 5.82. The molecule has 0 aromatic carbocycles. The summed E-state index contributed by atoms with van der Waals surface area (Å²) in [5.74, 6) is 0.0590. The molecular weight excluding hydrogens is 164 g/mol. The van der Waals surface area contributed by atoms with Gasteiger partial charge in [0.1, 0.15) is 0 Å². The third kappa shape index (κ3) is 2.56. The van der Waals surface area contributed by atoms with Gasteiger partial charge in [0.2, 0.25) is 5.91 Å². The van der Waals surface area contributed by atoms with Crippen LogP contribution in [-0.2, 0) is 4.79 Å². The lowest BCUT2D eigenvalue weighted by Gasteiger charge is -2.23. The van der Waals surface area contributed by atoms with Crippen LogP contribution in [-0.4, -0.2) is 18.5 Å². The van der Waals surface area contributed by atoms with E-state index in [0.29, 0.717) is 12.6 Å². The molecule has 0 spiro atoms. The Morgan fingerprint density at radius 3 is 2.54 bits per heavy atom. The van der Waals surface area contributed by atoms with Gasteiger partial charge >= 0.3 is 0 Å². The van der Waals surface area contributed by atoms with Crippen molar-refractivity contribution >= 4 is 5.91 Å². The van der Waals surface area contributed by atoms with E-state index in [1.54, 1.807) is 0 Å². The average molecular weight is 182 g/mol. The lowest BCUT2D eigenvalue weighted by atomic mass is 9.92. The zero-order chi connectivity index (χ0) is 9.90. The summed E-state index contributed by atoms with van der Waals surface area (Å²) < 4.78 is 0. The van der Waals surface area contributed by atoms with Gasteiger partial charge in [-0.05, 0) is 26.7 Å². The lowest BCUT2D eigenvalue weighted by molar-refractivity contribution is -0.129. The molecule has 0 saturated heterocycles. The highest BCUT2D eigenvalue weighted by Gasteiger charge is 2.27. The van der Waals surface area contributed by atoms with Gasteiger partial charge in [0.25, 0.3) is 0 Å². The fourth-order valence-electron chi connectivity index (χ4n) is 1.21. The second-order valence-corrected chi connectivity index (χ2v) is 4.20. The molecule has 0 heterocycles. The van der Waals surface area contributed by atoms with E-state index in [4.69, 9.17) is 5.73 Å². The molecule has 1 amide bonds. The fourth-order valence-corrected chi connectivity index (χ4v) is 1.21. The van der Waals surface area contributed by atoms with E-state index in [1.165, 1.54) is 0 Å². The zero-order valence-electron chi connectivity index (χ0n) is 8.34. The molecule has 0 radical (unpaired) electrons. The summed E-state index contributed by atoms with van der Waals surface area (Å²) in [5, 5.41) is 2.99. The summed E-state index contributed by atoms with van der Waals surface area (Å²) in [7, 11) is 0. The Morgan fingerprint density at radius 1 is 1.54 bits per heavy atom. The molecule has 0 saturated carbocycles. The first kappa shape index (κ1) is 10.3. The maximum Gasteiger partial charge on any atom is 0.227 e. The van der Waals surface area contributed by atoms with Crippen molar-refractivity contribution in [3.05, 3.63) is 12.2 Å². The SMILES string of the molecule is CC(C)(CN)C(=O)NC1CC=CC1. The molecule has 0 atom stereocenters. The van der Waals surface area contributed by atoms with Crippen molar-refractivity contribution in [1.29, 1.82) is 0 Å². The first-order valence-corrected chi connectivity index (χ1v) is 4.72. The van der Waals surface area contributed by atoms with Crippen LogP contribution in [0, 0.1) is 5.41 Å². The van der Waals surface area contributed by atoms with Crippen LogP contribution in [0.15, 0.2) is 12.2 Å². The molecule has 0 aromatic rings. The summed E-state index contributed by atoms with van der Waals surface area (Å²) in [6.07, 6.45) is 6.10. The van der Waals surface area contributed by atoms with Crippen molar-refractivity contribution in [2.24, 2.45) is 11.1 Å². The molecule has 0 bridgehead atoms. The van der Waals surface area contributed by atoms with Crippen LogP contribution in [0.5, 0.6) is 0 Å². The molecule has 3 heteroatoms. The minimum atomic E-state index is -0.442. The van der Waals surface area contributed by atoms with Crippen molar-refractivity contribution < 1.29 is 4.79 Å². The third-order valence-corrected chi connectivity index (χ3v) is 2.47. The van der Waals surface area contributed by atoms with E-state index in [0.717, 1.165) is 12.8 Å². The molecule has 0 aliphatic heterocycles. The summed E-state index contributed by atoms with van der Waals surface area (Å²) >= 11 is 0. The Balaban J connectivity index is 2.40. The molecule has 3 N–H and O–H groups in total. The van der Waals surface area contributed by atoms with Gasteiger partial charge in [0.15, 0.2) is 0 Å². The van der Waals surface area contributed by atoms with E-state index in [2.05, 4.69) is 17.5 Å². The summed E-state index contributed by atoms with van der Waals surface area (Å²) in [4.78, 5) is 11.6.